The third kappa shape index (κ3) is 2.79. The van der Waals surface area contributed by atoms with Crippen molar-refractivity contribution >= 4 is 34.2 Å². The molecule has 0 radical (unpaired) electrons. The molecule has 1 aliphatic rings. The molecule has 2 N–H and O–H groups in total. The van der Waals surface area contributed by atoms with Crippen molar-refractivity contribution in [2.45, 2.75) is 12.5 Å². The van der Waals surface area contributed by atoms with Crippen molar-refractivity contribution in [2.24, 2.45) is 0 Å². The molecule has 1 saturated heterocycles. The van der Waals surface area contributed by atoms with Gasteiger partial charge in [0.1, 0.15) is 6.04 Å². The first-order chi connectivity index (χ1) is 12.6. The van der Waals surface area contributed by atoms with E-state index in [1.165, 1.54) is 4.90 Å². The second-order valence-electron chi connectivity index (χ2n) is 6.42. The second kappa shape index (κ2) is 6.55. The number of nitrogens with zero attached hydrogens (tertiary/aromatic N) is 2. The van der Waals surface area contributed by atoms with Gasteiger partial charge < -0.3 is 20.1 Å². The Morgan fingerprint density at radius 3 is 2.77 bits per heavy atom. The molecule has 26 heavy (non-hydrogen) atoms. The Hall–Kier alpha value is -3.28. The zero-order valence-corrected chi connectivity index (χ0v) is 14.5. The molecule has 0 aliphatic carbocycles. The number of hydrogen-bond acceptors (Lipinski definition) is 2. The zero-order chi connectivity index (χ0) is 18.1. The Balaban J connectivity index is 1.49. The largest absolute Gasteiger partial charge is 0.361 e. The molecule has 0 bridgehead atoms. The number of benzene rings is 2. The normalized spacial score (nSPS) is 16.9. The highest BCUT2D eigenvalue weighted by molar-refractivity contribution is 6.04. The maximum absolute atomic E-state index is 12.8. The minimum atomic E-state index is -0.458. The molecular formula is C20H20N4O2. The Labute approximate surface area is 151 Å². The van der Waals surface area contributed by atoms with Crippen molar-refractivity contribution in [3.05, 3.63) is 60.8 Å². The predicted octanol–water partition coefficient (Wildman–Crippen LogP) is 3.44. The van der Waals surface area contributed by atoms with E-state index in [1.807, 2.05) is 60.8 Å². The molecule has 1 atom stereocenters. The maximum atomic E-state index is 12.8. The number of carbonyl (C=O) groups excluding carboxylic acids is 2. The maximum Gasteiger partial charge on any atom is 0.322 e. The van der Waals surface area contributed by atoms with Crippen LogP contribution in [0.5, 0.6) is 0 Å². The smallest absolute Gasteiger partial charge is 0.322 e. The van der Waals surface area contributed by atoms with Gasteiger partial charge in [-0.15, -0.1) is 0 Å². The third-order valence-corrected chi connectivity index (χ3v) is 4.87. The van der Waals surface area contributed by atoms with E-state index in [2.05, 4.69) is 10.3 Å². The standard InChI is InChI=1S/C20H20N4O2/c1-23(18-11-13-24(19(18)25)14-6-3-2-4-7-14)20(26)22-17-9-5-8-16-15(17)10-12-21-16/h2-10,12,18,21H,11,13H2,1H3,(H,22,26)/t18-/m0/s1. The summed E-state index contributed by atoms with van der Waals surface area (Å²) in [6, 6.07) is 16.4. The minimum absolute atomic E-state index is 0.0475. The number of nitrogens with one attached hydrogen (secondary N) is 2. The van der Waals surface area contributed by atoms with Crippen molar-refractivity contribution in [3.63, 3.8) is 0 Å². The number of carbonyl (C=O) groups is 2. The predicted molar refractivity (Wildman–Crippen MR) is 102 cm³/mol. The second-order valence-corrected chi connectivity index (χ2v) is 6.42. The number of anilines is 2. The summed E-state index contributed by atoms with van der Waals surface area (Å²) in [5.74, 6) is -0.0475. The Morgan fingerprint density at radius 2 is 1.96 bits per heavy atom. The van der Waals surface area contributed by atoms with Crippen LogP contribution in [0.2, 0.25) is 0 Å². The average molecular weight is 348 g/mol. The van der Waals surface area contributed by atoms with Gasteiger partial charge in [-0.2, -0.15) is 0 Å². The van der Waals surface area contributed by atoms with Gasteiger partial charge in [0.05, 0.1) is 5.69 Å². The summed E-state index contributed by atoms with van der Waals surface area (Å²) in [4.78, 5) is 31.8. The third-order valence-electron chi connectivity index (χ3n) is 4.87. The van der Waals surface area contributed by atoms with Gasteiger partial charge in [-0.1, -0.05) is 24.3 Å². The van der Waals surface area contributed by atoms with Gasteiger partial charge in [0.25, 0.3) is 0 Å². The van der Waals surface area contributed by atoms with E-state index < -0.39 is 6.04 Å². The lowest BCUT2D eigenvalue weighted by Gasteiger charge is -2.24. The number of rotatable bonds is 3. The fourth-order valence-corrected chi connectivity index (χ4v) is 3.43. The van der Waals surface area contributed by atoms with E-state index >= 15 is 0 Å². The fraction of sp³-hybridized carbons (Fsp3) is 0.200. The number of urea groups is 1. The van der Waals surface area contributed by atoms with Gasteiger partial charge >= 0.3 is 6.03 Å². The number of hydrogen-bond donors (Lipinski definition) is 2. The van der Waals surface area contributed by atoms with E-state index in [0.717, 1.165) is 22.3 Å². The molecule has 3 amide bonds. The Kier molecular flexibility index (Phi) is 4.08. The van der Waals surface area contributed by atoms with Crippen LogP contribution >= 0.6 is 0 Å². The number of H-pyrrole nitrogens is 1. The summed E-state index contributed by atoms with van der Waals surface area (Å²) in [5, 5.41) is 3.86. The highest BCUT2D eigenvalue weighted by atomic mass is 16.2. The lowest BCUT2D eigenvalue weighted by atomic mass is 10.2. The summed E-state index contributed by atoms with van der Waals surface area (Å²) in [7, 11) is 1.67. The van der Waals surface area contributed by atoms with Gasteiger partial charge in [-0.3, -0.25) is 4.79 Å². The molecule has 132 valence electrons. The van der Waals surface area contributed by atoms with E-state index in [0.29, 0.717) is 13.0 Å². The first-order valence-electron chi connectivity index (χ1n) is 8.61. The first-order valence-corrected chi connectivity index (χ1v) is 8.61. The van der Waals surface area contributed by atoms with Crippen LogP contribution in [0.25, 0.3) is 10.9 Å². The van der Waals surface area contributed by atoms with Crippen LogP contribution in [0, 0.1) is 0 Å². The van der Waals surface area contributed by atoms with Crippen LogP contribution in [0.1, 0.15) is 6.42 Å². The molecule has 0 saturated carbocycles. The quantitative estimate of drug-likeness (QED) is 0.761. The van der Waals surface area contributed by atoms with E-state index in [-0.39, 0.29) is 11.9 Å². The van der Waals surface area contributed by atoms with E-state index in [1.54, 1.807) is 11.9 Å². The van der Waals surface area contributed by atoms with E-state index in [4.69, 9.17) is 0 Å². The number of fused-ring (bicyclic) bond motifs is 1. The fourth-order valence-electron chi connectivity index (χ4n) is 3.43. The molecule has 2 aromatic carbocycles. The Bertz CT molecular complexity index is 951. The molecule has 1 aromatic heterocycles. The van der Waals surface area contributed by atoms with Gasteiger partial charge in [0.2, 0.25) is 5.91 Å². The molecule has 6 nitrogen and oxygen atoms in total. The summed E-state index contributed by atoms with van der Waals surface area (Å²) < 4.78 is 0. The molecule has 1 aliphatic heterocycles. The number of aromatic amines is 1. The van der Waals surface area contributed by atoms with Gasteiger partial charge in [0.15, 0.2) is 0 Å². The highest BCUT2D eigenvalue weighted by Gasteiger charge is 2.37. The van der Waals surface area contributed by atoms with Crippen LogP contribution in [-0.4, -0.2) is 41.5 Å². The van der Waals surface area contributed by atoms with Crippen molar-refractivity contribution in [1.82, 2.24) is 9.88 Å². The molecule has 6 heteroatoms. The van der Waals surface area contributed by atoms with Crippen LogP contribution in [0.4, 0.5) is 16.2 Å². The van der Waals surface area contributed by atoms with Crippen molar-refractivity contribution in [2.75, 3.05) is 23.8 Å². The molecule has 0 spiro atoms. The first kappa shape index (κ1) is 16.2. The molecule has 3 aromatic rings. The van der Waals surface area contributed by atoms with E-state index in [9.17, 15) is 9.59 Å². The number of aromatic nitrogens is 1. The molecule has 0 unspecified atom stereocenters. The zero-order valence-electron chi connectivity index (χ0n) is 14.5. The van der Waals surface area contributed by atoms with Crippen LogP contribution < -0.4 is 10.2 Å². The number of amides is 3. The van der Waals surface area contributed by atoms with Gasteiger partial charge in [-0.05, 0) is 36.8 Å². The summed E-state index contributed by atoms with van der Waals surface area (Å²) in [5.41, 5.74) is 2.55. The van der Waals surface area contributed by atoms with Crippen molar-refractivity contribution in [1.29, 1.82) is 0 Å². The SMILES string of the molecule is CN(C(=O)Nc1cccc2[nH]ccc12)[C@H]1CCN(c2ccccc2)C1=O. The number of likely N-dealkylation sites (N-methyl/N-ethyl adjacent to an activating group) is 1. The molecule has 1 fully saturated rings. The van der Waals surface area contributed by atoms with Crippen molar-refractivity contribution < 1.29 is 9.59 Å². The van der Waals surface area contributed by atoms with Crippen LogP contribution in [0.3, 0.4) is 0 Å². The topological polar surface area (TPSA) is 68.4 Å². The lowest BCUT2D eigenvalue weighted by Crippen LogP contribution is -2.44. The monoisotopic (exact) mass is 348 g/mol. The Morgan fingerprint density at radius 1 is 1.15 bits per heavy atom. The highest BCUT2D eigenvalue weighted by Crippen LogP contribution is 2.25. The van der Waals surface area contributed by atoms with Gasteiger partial charge in [-0.25, -0.2) is 4.79 Å². The summed E-state index contributed by atoms with van der Waals surface area (Å²) in [6.45, 7) is 0.610. The lowest BCUT2D eigenvalue weighted by molar-refractivity contribution is -0.120. The van der Waals surface area contributed by atoms with Crippen LogP contribution in [-0.2, 0) is 4.79 Å². The molecule has 2 heterocycles. The number of para-hydroxylation sites is 1. The van der Waals surface area contributed by atoms with Crippen LogP contribution in [0.15, 0.2) is 60.8 Å². The molecule has 4 rings (SSSR count). The van der Waals surface area contributed by atoms with Gasteiger partial charge in [0, 0.05) is 36.4 Å². The minimum Gasteiger partial charge on any atom is -0.361 e. The summed E-state index contributed by atoms with van der Waals surface area (Å²) in [6.07, 6.45) is 2.45. The summed E-state index contributed by atoms with van der Waals surface area (Å²) >= 11 is 0. The molecular weight excluding hydrogens is 328 g/mol. The van der Waals surface area contributed by atoms with Crippen molar-refractivity contribution in [3.8, 4) is 0 Å². The average Bonchev–Trinajstić information content (AvgIpc) is 3.29.